The molecule has 0 amide bonds. The molecule has 0 saturated heterocycles. The van der Waals surface area contributed by atoms with E-state index in [9.17, 15) is 0 Å². The van der Waals surface area contributed by atoms with Crippen molar-refractivity contribution in [3.8, 4) is 0 Å². The number of benzene rings is 2. The molecule has 0 radical (unpaired) electrons. The van der Waals surface area contributed by atoms with Gasteiger partial charge in [-0.3, -0.25) is 4.90 Å². The minimum atomic E-state index is 0.0642. The summed E-state index contributed by atoms with van der Waals surface area (Å²) < 4.78 is 0. The molecule has 2 rings (SSSR count). The fraction of sp³-hybridized carbons (Fsp3) is 0.294. The lowest BCUT2D eigenvalue weighted by atomic mass is 10.0. The zero-order chi connectivity index (χ0) is 15.4. The zero-order valence-electron chi connectivity index (χ0n) is 12.3. The molecule has 2 N–H and O–H groups in total. The lowest BCUT2D eigenvalue weighted by molar-refractivity contribution is 0.241. The van der Waals surface area contributed by atoms with Gasteiger partial charge < -0.3 is 5.73 Å². The Morgan fingerprint density at radius 3 is 2.48 bits per heavy atom. The molecule has 2 aromatic rings. The highest BCUT2D eigenvalue weighted by molar-refractivity contribution is 6.35. The van der Waals surface area contributed by atoms with Crippen LogP contribution in [0.5, 0.6) is 0 Å². The first-order chi connectivity index (χ1) is 10.0. The molecule has 2 aromatic carbocycles. The molecule has 21 heavy (non-hydrogen) atoms. The van der Waals surface area contributed by atoms with Gasteiger partial charge in [0.05, 0.1) is 0 Å². The number of rotatable bonds is 5. The summed E-state index contributed by atoms with van der Waals surface area (Å²) in [4.78, 5) is 2.22. The first kappa shape index (κ1) is 16.3. The van der Waals surface area contributed by atoms with E-state index in [2.05, 4.69) is 43.1 Å². The van der Waals surface area contributed by atoms with Gasteiger partial charge in [0.25, 0.3) is 0 Å². The monoisotopic (exact) mass is 322 g/mol. The molecule has 0 fully saturated rings. The molecule has 0 heterocycles. The Kier molecular flexibility index (Phi) is 5.65. The quantitative estimate of drug-likeness (QED) is 0.882. The van der Waals surface area contributed by atoms with E-state index in [1.54, 1.807) is 6.07 Å². The number of hydrogen-bond donors (Lipinski definition) is 1. The van der Waals surface area contributed by atoms with Gasteiger partial charge in [0.15, 0.2) is 0 Å². The van der Waals surface area contributed by atoms with Gasteiger partial charge in [0, 0.05) is 29.2 Å². The lowest BCUT2D eigenvalue weighted by Crippen LogP contribution is -2.30. The maximum atomic E-state index is 6.31. The summed E-state index contributed by atoms with van der Waals surface area (Å²) in [7, 11) is 2.06. The highest BCUT2D eigenvalue weighted by Gasteiger charge is 2.19. The van der Waals surface area contributed by atoms with Gasteiger partial charge in [-0.25, -0.2) is 0 Å². The Labute approximate surface area is 136 Å². The van der Waals surface area contributed by atoms with Crippen LogP contribution in [-0.2, 0) is 6.54 Å². The predicted molar refractivity (Wildman–Crippen MR) is 90.9 cm³/mol. The molecular formula is C17H20Cl2N2. The van der Waals surface area contributed by atoms with Crippen LogP contribution in [0.1, 0.15) is 22.7 Å². The van der Waals surface area contributed by atoms with Gasteiger partial charge >= 0.3 is 0 Å². The van der Waals surface area contributed by atoms with E-state index < -0.39 is 0 Å². The zero-order valence-corrected chi connectivity index (χ0v) is 13.8. The van der Waals surface area contributed by atoms with Gasteiger partial charge in [-0.1, -0.05) is 53.5 Å². The summed E-state index contributed by atoms with van der Waals surface area (Å²) in [6.45, 7) is 3.45. The lowest BCUT2D eigenvalue weighted by Gasteiger charge is -2.28. The topological polar surface area (TPSA) is 29.3 Å². The average molecular weight is 323 g/mol. The molecule has 0 aromatic heterocycles. The van der Waals surface area contributed by atoms with Crippen molar-refractivity contribution in [3.05, 3.63) is 69.2 Å². The number of likely N-dealkylation sites (N-methyl/N-ethyl adjacent to an activating group) is 1. The number of nitrogens with zero attached hydrogens (tertiary/aromatic N) is 1. The van der Waals surface area contributed by atoms with Crippen molar-refractivity contribution in [2.75, 3.05) is 13.6 Å². The molecule has 2 nitrogen and oxygen atoms in total. The SMILES string of the molecule is Cc1ccccc1CN(C)C(CN)c1ccc(Cl)cc1Cl. The third-order valence-electron chi connectivity index (χ3n) is 3.76. The summed E-state index contributed by atoms with van der Waals surface area (Å²) in [5.41, 5.74) is 9.56. The van der Waals surface area contributed by atoms with Crippen LogP contribution in [0.4, 0.5) is 0 Å². The maximum absolute atomic E-state index is 6.31. The molecule has 112 valence electrons. The van der Waals surface area contributed by atoms with E-state index in [0.717, 1.165) is 12.1 Å². The summed E-state index contributed by atoms with van der Waals surface area (Å²) in [6.07, 6.45) is 0. The van der Waals surface area contributed by atoms with Crippen molar-refractivity contribution in [1.29, 1.82) is 0 Å². The standard InChI is InChI=1S/C17H20Cl2N2/c1-12-5-3-4-6-13(12)11-21(2)17(10-20)15-8-7-14(18)9-16(15)19/h3-9,17H,10-11,20H2,1-2H3. The highest BCUT2D eigenvalue weighted by Crippen LogP contribution is 2.29. The van der Waals surface area contributed by atoms with Crippen LogP contribution >= 0.6 is 23.2 Å². The molecule has 4 heteroatoms. The molecular weight excluding hydrogens is 303 g/mol. The third-order valence-corrected chi connectivity index (χ3v) is 4.32. The molecule has 0 aliphatic rings. The molecule has 0 spiro atoms. The van der Waals surface area contributed by atoms with Crippen molar-refractivity contribution in [2.24, 2.45) is 5.73 Å². The van der Waals surface area contributed by atoms with E-state index in [-0.39, 0.29) is 6.04 Å². The van der Waals surface area contributed by atoms with Crippen molar-refractivity contribution in [1.82, 2.24) is 4.90 Å². The number of halogens is 2. The Morgan fingerprint density at radius 1 is 1.14 bits per heavy atom. The fourth-order valence-electron chi connectivity index (χ4n) is 2.48. The first-order valence-corrected chi connectivity index (χ1v) is 7.68. The van der Waals surface area contributed by atoms with E-state index in [0.29, 0.717) is 16.6 Å². The Balaban J connectivity index is 2.22. The van der Waals surface area contributed by atoms with E-state index in [4.69, 9.17) is 28.9 Å². The number of nitrogens with two attached hydrogens (primary N) is 1. The molecule has 1 unspecified atom stereocenters. The predicted octanol–water partition coefficient (Wildman–Crippen LogP) is 4.43. The van der Waals surface area contributed by atoms with Gasteiger partial charge in [-0.05, 0) is 42.8 Å². The summed E-state index contributed by atoms with van der Waals surface area (Å²) in [5.74, 6) is 0. The van der Waals surface area contributed by atoms with Gasteiger partial charge in [0.1, 0.15) is 0 Å². The number of aryl methyl sites for hydroxylation is 1. The van der Waals surface area contributed by atoms with Gasteiger partial charge in [-0.2, -0.15) is 0 Å². The van der Waals surface area contributed by atoms with Crippen molar-refractivity contribution in [2.45, 2.75) is 19.5 Å². The highest BCUT2D eigenvalue weighted by atomic mass is 35.5. The van der Waals surface area contributed by atoms with Crippen molar-refractivity contribution >= 4 is 23.2 Å². The molecule has 0 saturated carbocycles. The summed E-state index contributed by atoms with van der Waals surface area (Å²) in [6, 6.07) is 14.0. The second-order valence-corrected chi connectivity index (χ2v) is 6.10. The minimum Gasteiger partial charge on any atom is -0.329 e. The maximum Gasteiger partial charge on any atom is 0.0485 e. The average Bonchev–Trinajstić information content (AvgIpc) is 2.44. The smallest absolute Gasteiger partial charge is 0.0485 e. The normalized spacial score (nSPS) is 12.7. The molecule has 0 aliphatic carbocycles. The third kappa shape index (κ3) is 3.98. The molecule has 1 atom stereocenters. The van der Waals surface area contributed by atoms with Crippen LogP contribution < -0.4 is 5.73 Å². The second kappa shape index (κ2) is 7.28. The van der Waals surface area contributed by atoms with Crippen LogP contribution in [0.3, 0.4) is 0 Å². The Hall–Kier alpha value is -1.06. The second-order valence-electron chi connectivity index (χ2n) is 5.26. The van der Waals surface area contributed by atoms with Crippen LogP contribution in [-0.4, -0.2) is 18.5 Å². The summed E-state index contributed by atoms with van der Waals surface area (Å²) >= 11 is 12.3. The largest absolute Gasteiger partial charge is 0.329 e. The van der Waals surface area contributed by atoms with E-state index >= 15 is 0 Å². The minimum absolute atomic E-state index is 0.0642. The molecule has 0 bridgehead atoms. The molecule has 0 aliphatic heterocycles. The van der Waals surface area contributed by atoms with Crippen LogP contribution in [0, 0.1) is 6.92 Å². The van der Waals surface area contributed by atoms with Crippen LogP contribution in [0.25, 0.3) is 0 Å². The van der Waals surface area contributed by atoms with E-state index in [1.165, 1.54) is 11.1 Å². The van der Waals surface area contributed by atoms with Crippen LogP contribution in [0.2, 0.25) is 10.0 Å². The fourth-order valence-corrected chi connectivity index (χ4v) is 3.02. The Morgan fingerprint density at radius 2 is 1.86 bits per heavy atom. The van der Waals surface area contributed by atoms with E-state index in [1.807, 2.05) is 12.1 Å². The van der Waals surface area contributed by atoms with Gasteiger partial charge in [0.2, 0.25) is 0 Å². The first-order valence-electron chi connectivity index (χ1n) is 6.92. The van der Waals surface area contributed by atoms with Gasteiger partial charge in [-0.15, -0.1) is 0 Å². The van der Waals surface area contributed by atoms with Crippen molar-refractivity contribution in [3.63, 3.8) is 0 Å². The van der Waals surface area contributed by atoms with Crippen molar-refractivity contribution < 1.29 is 0 Å². The Bertz CT molecular complexity index is 613. The number of hydrogen-bond acceptors (Lipinski definition) is 2. The summed E-state index contributed by atoms with van der Waals surface area (Å²) in [5, 5.41) is 1.30. The van der Waals surface area contributed by atoms with Crippen LogP contribution in [0.15, 0.2) is 42.5 Å².